The molecular formula is C24H30N2O3S. The lowest BCUT2D eigenvalue weighted by Crippen LogP contribution is -2.52. The van der Waals surface area contributed by atoms with Crippen LogP contribution in [-0.4, -0.2) is 24.1 Å². The molecule has 2 aromatic carbocycles. The van der Waals surface area contributed by atoms with E-state index in [-0.39, 0.29) is 5.91 Å². The summed E-state index contributed by atoms with van der Waals surface area (Å²) in [6.45, 7) is 12.1. The number of rotatable bonds is 5. The summed E-state index contributed by atoms with van der Waals surface area (Å²) in [4.78, 5) is 28.1. The number of anilines is 1. The van der Waals surface area contributed by atoms with Crippen molar-refractivity contribution in [3.05, 3.63) is 59.2 Å². The molecule has 0 bridgehead atoms. The van der Waals surface area contributed by atoms with Crippen LogP contribution in [0.5, 0.6) is 0 Å². The van der Waals surface area contributed by atoms with Crippen molar-refractivity contribution in [2.75, 3.05) is 11.4 Å². The Morgan fingerprint density at radius 3 is 2.50 bits per heavy atom. The fourth-order valence-corrected chi connectivity index (χ4v) is 4.94. The predicted octanol–water partition coefficient (Wildman–Crippen LogP) is 5.53. The van der Waals surface area contributed by atoms with Crippen LogP contribution < -0.4 is 10.2 Å². The molecule has 6 heteroatoms. The molecule has 1 atom stereocenters. The summed E-state index contributed by atoms with van der Waals surface area (Å²) >= 11 is 1.37. The van der Waals surface area contributed by atoms with E-state index in [9.17, 15) is 9.59 Å². The minimum Gasteiger partial charge on any atom is -0.444 e. The first kappa shape index (κ1) is 22.2. The predicted molar refractivity (Wildman–Crippen MR) is 122 cm³/mol. The van der Waals surface area contributed by atoms with Gasteiger partial charge in [-0.2, -0.15) is 0 Å². The first-order valence-electron chi connectivity index (χ1n) is 10.3. The lowest BCUT2D eigenvalue weighted by molar-refractivity contribution is -0.121. The molecule has 0 saturated carbocycles. The van der Waals surface area contributed by atoms with E-state index >= 15 is 0 Å². The first-order valence-corrected chi connectivity index (χ1v) is 11.1. The number of benzene rings is 2. The van der Waals surface area contributed by atoms with Crippen molar-refractivity contribution in [2.45, 2.75) is 63.3 Å². The highest BCUT2D eigenvalue weighted by Crippen LogP contribution is 2.50. The molecular weight excluding hydrogens is 396 g/mol. The lowest BCUT2D eigenvalue weighted by atomic mass is 10.1. The smallest absolute Gasteiger partial charge is 0.409 e. The van der Waals surface area contributed by atoms with Gasteiger partial charge in [0.25, 0.3) is 5.91 Å². The van der Waals surface area contributed by atoms with Crippen LogP contribution in [0.4, 0.5) is 10.5 Å². The Bertz CT molecular complexity index is 967. The van der Waals surface area contributed by atoms with E-state index in [4.69, 9.17) is 4.74 Å². The zero-order valence-corrected chi connectivity index (χ0v) is 19.4. The Kier molecular flexibility index (Phi) is 6.18. The Hall–Kier alpha value is -2.47. The minimum atomic E-state index is -1.28. The van der Waals surface area contributed by atoms with E-state index in [1.807, 2.05) is 77.9 Å². The van der Waals surface area contributed by atoms with Gasteiger partial charge in [-0.15, -0.1) is 0 Å². The molecule has 1 N–H and O–H groups in total. The highest BCUT2D eigenvalue weighted by Gasteiger charge is 2.53. The zero-order chi connectivity index (χ0) is 22.1. The van der Waals surface area contributed by atoms with Gasteiger partial charge in [-0.1, -0.05) is 54.6 Å². The van der Waals surface area contributed by atoms with Crippen LogP contribution in [0.2, 0.25) is 0 Å². The lowest BCUT2D eigenvalue weighted by Gasteiger charge is -2.31. The number of carbonyl (C=O) groups is 2. The Morgan fingerprint density at radius 1 is 1.17 bits per heavy atom. The van der Waals surface area contributed by atoms with Crippen molar-refractivity contribution in [3.63, 3.8) is 0 Å². The molecule has 0 saturated heterocycles. The summed E-state index contributed by atoms with van der Waals surface area (Å²) < 4.78 is 5.54. The average molecular weight is 427 g/mol. The quantitative estimate of drug-likeness (QED) is 0.639. The van der Waals surface area contributed by atoms with Crippen molar-refractivity contribution in [2.24, 2.45) is 0 Å². The number of amides is 2. The van der Waals surface area contributed by atoms with Crippen LogP contribution >= 0.6 is 11.8 Å². The molecule has 1 aliphatic heterocycles. The highest BCUT2D eigenvalue weighted by atomic mass is 32.2. The highest BCUT2D eigenvalue weighted by molar-refractivity contribution is 8.01. The van der Waals surface area contributed by atoms with E-state index in [1.54, 1.807) is 4.90 Å². The van der Waals surface area contributed by atoms with E-state index < -0.39 is 16.6 Å². The van der Waals surface area contributed by atoms with Gasteiger partial charge in [-0.25, -0.2) is 4.79 Å². The molecule has 30 heavy (non-hydrogen) atoms. The summed E-state index contributed by atoms with van der Waals surface area (Å²) in [5.41, 5.74) is 3.15. The first-order chi connectivity index (χ1) is 14.1. The fourth-order valence-electron chi connectivity index (χ4n) is 3.64. The Morgan fingerprint density at radius 2 is 1.87 bits per heavy atom. The van der Waals surface area contributed by atoms with Gasteiger partial charge in [0.1, 0.15) is 5.60 Å². The summed E-state index contributed by atoms with van der Waals surface area (Å²) in [6, 6.07) is 13.8. The average Bonchev–Trinajstić information content (AvgIpc) is 2.86. The van der Waals surface area contributed by atoms with Gasteiger partial charge >= 0.3 is 6.09 Å². The van der Waals surface area contributed by atoms with E-state index in [1.165, 1.54) is 11.8 Å². The number of thioether (sulfide) groups is 1. The molecule has 1 aliphatic rings. The van der Waals surface area contributed by atoms with Gasteiger partial charge in [0.2, 0.25) is 4.87 Å². The fraction of sp³-hybridized carbons (Fsp3) is 0.417. The molecule has 2 aromatic rings. The van der Waals surface area contributed by atoms with Crippen molar-refractivity contribution < 1.29 is 14.3 Å². The molecule has 1 unspecified atom stereocenters. The number of ether oxygens (including phenoxy) is 1. The molecule has 2 amide bonds. The van der Waals surface area contributed by atoms with Gasteiger partial charge in [-0.05, 0) is 58.7 Å². The summed E-state index contributed by atoms with van der Waals surface area (Å²) in [5, 5.41) is 2.94. The monoisotopic (exact) mass is 426 g/mol. The van der Waals surface area contributed by atoms with Crippen molar-refractivity contribution in [1.82, 2.24) is 5.32 Å². The Labute approximate surface area is 183 Å². The molecule has 0 radical (unpaired) electrons. The second-order valence-electron chi connectivity index (χ2n) is 8.65. The normalized spacial score (nSPS) is 18.3. The standard InChI is InChI=1S/C24H30N2O3S/c1-7-14-26-19-11-9-8-10-18(19)24(21(26)27,25-22(28)29-23(4,5)6)30-20-13-12-16(2)15-17(20)3/h8-13,15H,7,14H2,1-6H3,(H,25,28). The summed E-state index contributed by atoms with van der Waals surface area (Å²) in [7, 11) is 0. The van der Waals surface area contributed by atoms with E-state index in [0.717, 1.165) is 33.7 Å². The second-order valence-corrected chi connectivity index (χ2v) is 9.91. The summed E-state index contributed by atoms with van der Waals surface area (Å²) in [6.07, 6.45) is 0.206. The largest absolute Gasteiger partial charge is 0.444 e. The number of fused-ring (bicyclic) bond motifs is 1. The van der Waals surface area contributed by atoms with Crippen LogP contribution in [0.25, 0.3) is 0 Å². The van der Waals surface area contributed by atoms with Crippen LogP contribution in [0.1, 0.15) is 50.8 Å². The molecule has 3 rings (SSSR count). The Balaban J connectivity index is 2.12. The molecule has 0 fully saturated rings. The molecule has 160 valence electrons. The molecule has 0 aromatic heterocycles. The number of hydrogen-bond acceptors (Lipinski definition) is 4. The maximum Gasteiger partial charge on any atom is 0.409 e. The summed E-state index contributed by atoms with van der Waals surface area (Å²) in [5.74, 6) is -0.151. The van der Waals surface area contributed by atoms with Crippen LogP contribution in [0.3, 0.4) is 0 Å². The third-order valence-electron chi connectivity index (χ3n) is 4.84. The molecule has 0 spiro atoms. The number of carbonyl (C=O) groups excluding carboxylic acids is 2. The number of alkyl carbamates (subject to hydrolysis) is 1. The second kappa shape index (κ2) is 8.34. The van der Waals surface area contributed by atoms with Crippen LogP contribution in [-0.2, 0) is 14.4 Å². The molecule has 1 heterocycles. The number of para-hydroxylation sites is 1. The van der Waals surface area contributed by atoms with Crippen LogP contribution in [0, 0.1) is 13.8 Å². The van der Waals surface area contributed by atoms with Crippen molar-refractivity contribution >= 4 is 29.4 Å². The number of nitrogens with zero attached hydrogens (tertiary/aromatic N) is 1. The molecule has 0 aliphatic carbocycles. The number of nitrogens with one attached hydrogen (secondary N) is 1. The van der Waals surface area contributed by atoms with Crippen molar-refractivity contribution in [1.29, 1.82) is 0 Å². The van der Waals surface area contributed by atoms with Crippen LogP contribution in [0.15, 0.2) is 47.4 Å². The van der Waals surface area contributed by atoms with Gasteiger partial charge < -0.3 is 9.64 Å². The third-order valence-corrected chi connectivity index (χ3v) is 6.32. The number of hydrogen-bond donors (Lipinski definition) is 1. The van der Waals surface area contributed by atoms with Gasteiger partial charge in [0.15, 0.2) is 0 Å². The zero-order valence-electron chi connectivity index (χ0n) is 18.5. The van der Waals surface area contributed by atoms with Gasteiger partial charge in [-0.3, -0.25) is 10.1 Å². The van der Waals surface area contributed by atoms with E-state index in [0.29, 0.717) is 6.54 Å². The van der Waals surface area contributed by atoms with Gasteiger partial charge in [0.05, 0.1) is 5.69 Å². The number of aryl methyl sites for hydroxylation is 2. The topological polar surface area (TPSA) is 58.6 Å². The van der Waals surface area contributed by atoms with E-state index in [2.05, 4.69) is 11.4 Å². The maximum absolute atomic E-state index is 13.8. The maximum atomic E-state index is 13.8. The SMILES string of the molecule is CCCN1C(=O)C(NC(=O)OC(C)(C)C)(Sc2ccc(C)cc2C)c2ccccc21. The van der Waals surface area contributed by atoms with Crippen molar-refractivity contribution in [3.8, 4) is 0 Å². The molecule has 5 nitrogen and oxygen atoms in total. The third kappa shape index (κ3) is 4.33. The van der Waals surface area contributed by atoms with Gasteiger partial charge in [0, 0.05) is 17.0 Å². The minimum absolute atomic E-state index is 0.151.